The van der Waals surface area contributed by atoms with Gasteiger partial charge in [0.25, 0.3) is 5.91 Å². The van der Waals surface area contributed by atoms with E-state index in [-0.39, 0.29) is 5.56 Å². The van der Waals surface area contributed by atoms with Crippen molar-refractivity contribution in [1.29, 1.82) is 0 Å². The standard InChI is InChI=1S/C15H11ClFN5O/c1-8-19-14(22-21-8)12-3-2-11(5-13(12)16)20-15(23)9-4-10(17)7-18-6-9/h2-7H,1H3,(H,20,23)(H,19,21,22). The highest BCUT2D eigenvalue weighted by molar-refractivity contribution is 6.33. The number of nitrogens with zero attached hydrogens (tertiary/aromatic N) is 3. The molecular weight excluding hydrogens is 321 g/mol. The van der Waals surface area contributed by atoms with Crippen LogP contribution in [0.4, 0.5) is 10.1 Å². The van der Waals surface area contributed by atoms with Crippen LogP contribution in [0.15, 0.2) is 36.7 Å². The molecule has 23 heavy (non-hydrogen) atoms. The van der Waals surface area contributed by atoms with E-state index in [1.54, 1.807) is 25.1 Å². The van der Waals surface area contributed by atoms with Crippen LogP contribution in [0.3, 0.4) is 0 Å². The summed E-state index contributed by atoms with van der Waals surface area (Å²) in [5.41, 5.74) is 1.23. The van der Waals surface area contributed by atoms with Crippen LogP contribution < -0.4 is 5.32 Å². The van der Waals surface area contributed by atoms with Crippen molar-refractivity contribution in [2.45, 2.75) is 6.92 Å². The van der Waals surface area contributed by atoms with Gasteiger partial charge in [-0.05, 0) is 31.2 Å². The molecule has 0 aliphatic rings. The lowest BCUT2D eigenvalue weighted by Gasteiger charge is -2.07. The molecular formula is C15H11ClFN5O. The number of aromatic amines is 1. The van der Waals surface area contributed by atoms with Crippen molar-refractivity contribution in [2.75, 3.05) is 5.32 Å². The van der Waals surface area contributed by atoms with Gasteiger partial charge in [-0.2, -0.15) is 5.10 Å². The summed E-state index contributed by atoms with van der Waals surface area (Å²) < 4.78 is 13.1. The minimum Gasteiger partial charge on any atom is -0.322 e. The zero-order valence-electron chi connectivity index (χ0n) is 12.0. The maximum absolute atomic E-state index is 13.1. The monoisotopic (exact) mass is 331 g/mol. The first kappa shape index (κ1) is 15.1. The van der Waals surface area contributed by atoms with E-state index in [9.17, 15) is 9.18 Å². The topological polar surface area (TPSA) is 83.6 Å². The molecule has 1 amide bonds. The van der Waals surface area contributed by atoms with Crippen molar-refractivity contribution < 1.29 is 9.18 Å². The fraction of sp³-hybridized carbons (Fsp3) is 0.0667. The van der Waals surface area contributed by atoms with E-state index in [4.69, 9.17) is 11.6 Å². The molecule has 0 bridgehead atoms. The molecule has 0 aliphatic carbocycles. The van der Waals surface area contributed by atoms with Crippen molar-refractivity contribution >= 4 is 23.2 Å². The van der Waals surface area contributed by atoms with Gasteiger partial charge >= 0.3 is 0 Å². The summed E-state index contributed by atoms with van der Waals surface area (Å²) in [5.74, 6) is 0.0901. The SMILES string of the molecule is Cc1nc(-c2ccc(NC(=O)c3cncc(F)c3)cc2Cl)n[nH]1. The summed E-state index contributed by atoms with van der Waals surface area (Å²) in [6, 6.07) is 6.05. The number of aryl methyl sites for hydroxylation is 1. The minimum absolute atomic E-state index is 0.120. The molecule has 0 saturated heterocycles. The molecule has 0 spiro atoms. The predicted octanol–water partition coefficient (Wildman–Crippen LogP) is 3.22. The summed E-state index contributed by atoms with van der Waals surface area (Å²) in [6.07, 6.45) is 2.31. The van der Waals surface area contributed by atoms with E-state index in [1.807, 2.05) is 0 Å². The number of carbonyl (C=O) groups is 1. The third kappa shape index (κ3) is 3.35. The van der Waals surface area contributed by atoms with Gasteiger partial charge in [-0.15, -0.1) is 0 Å². The third-order valence-corrected chi connectivity index (χ3v) is 3.34. The molecule has 0 atom stereocenters. The first-order valence-corrected chi connectivity index (χ1v) is 7.01. The van der Waals surface area contributed by atoms with Crippen LogP contribution in [-0.2, 0) is 0 Å². The first-order chi connectivity index (χ1) is 11.0. The highest BCUT2D eigenvalue weighted by Crippen LogP contribution is 2.28. The number of nitrogens with one attached hydrogen (secondary N) is 2. The number of halogens is 2. The van der Waals surface area contributed by atoms with Crippen LogP contribution in [0.2, 0.25) is 5.02 Å². The highest BCUT2D eigenvalue weighted by Gasteiger charge is 2.12. The average Bonchev–Trinajstić information content (AvgIpc) is 2.93. The number of rotatable bonds is 3. The molecule has 3 rings (SSSR count). The lowest BCUT2D eigenvalue weighted by Crippen LogP contribution is -2.12. The number of amides is 1. The van der Waals surface area contributed by atoms with Crippen molar-refractivity contribution in [3.05, 3.63) is 58.9 Å². The Morgan fingerprint density at radius 1 is 1.30 bits per heavy atom. The van der Waals surface area contributed by atoms with E-state index in [0.29, 0.717) is 27.9 Å². The van der Waals surface area contributed by atoms with Gasteiger partial charge in [0.2, 0.25) is 0 Å². The Hall–Kier alpha value is -2.80. The molecule has 6 nitrogen and oxygen atoms in total. The Labute approximate surface area is 135 Å². The highest BCUT2D eigenvalue weighted by atomic mass is 35.5. The van der Waals surface area contributed by atoms with Gasteiger partial charge in [0.15, 0.2) is 5.82 Å². The predicted molar refractivity (Wildman–Crippen MR) is 83.7 cm³/mol. The van der Waals surface area contributed by atoms with Crippen LogP contribution in [0.5, 0.6) is 0 Å². The summed E-state index contributed by atoms with van der Waals surface area (Å²) in [4.78, 5) is 19.9. The average molecular weight is 332 g/mol. The van der Waals surface area contributed by atoms with Crippen LogP contribution >= 0.6 is 11.6 Å². The number of aromatic nitrogens is 4. The molecule has 0 fully saturated rings. The smallest absolute Gasteiger partial charge is 0.257 e. The quantitative estimate of drug-likeness (QED) is 0.772. The van der Waals surface area contributed by atoms with Gasteiger partial charge in [0, 0.05) is 17.4 Å². The van der Waals surface area contributed by atoms with E-state index < -0.39 is 11.7 Å². The molecule has 0 aliphatic heterocycles. The second-order valence-electron chi connectivity index (χ2n) is 4.79. The van der Waals surface area contributed by atoms with Crippen molar-refractivity contribution in [3.8, 4) is 11.4 Å². The fourth-order valence-corrected chi connectivity index (χ4v) is 2.24. The Bertz CT molecular complexity index is 880. The lowest BCUT2D eigenvalue weighted by molar-refractivity contribution is 0.102. The molecule has 2 aromatic heterocycles. The largest absolute Gasteiger partial charge is 0.322 e. The maximum atomic E-state index is 13.1. The van der Waals surface area contributed by atoms with Crippen LogP contribution in [0, 0.1) is 12.7 Å². The van der Waals surface area contributed by atoms with Crippen LogP contribution in [-0.4, -0.2) is 26.1 Å². The van der Waals surface area contributed by atoms with E-state index in [2.05, 4.69) is 25.5 Å². The molecule has 0 unspecified atom stereocenters. The Morgan fingerprint density at radius 2 is 2.13 bits per heavy atom. The third-order valence-electron chi connectivity index (χ3n) is 3.03. The van der Waals surface area contributed by atoms with Crippen molar-refractivity contribution in [3.63, 3.8) is 0 Å². The Kier molecular flexibility index (Phi) is 4.03. The normalized spacial score (nSPS) is 10.6. The van der Waals surface area contributed by atoms with Crippen molar-refractivity contribution in [1.82, 2.24) is 20.2 Å². The Morgan fingerprint density at radius 3 is 2.78 bits per heavy atom. The fourth-order valence-electron chi connectivity index (χ4n) is 1.98. The molecule has 3 aromatic rings. The molecule has 116 valence electrons. The first-order valence-electron chi connectivity index (χ1n) is 6.64. The number of benzene rings is 1. The van der Waals surface area contributed by atoms with Crippen LogP contribution in [0.1, 0.15) is 16.2 Å². The number of hydrogen-bond donors (Lipinski definition) is 2. The number of carbonyl (C=O) groups excluding carboxylic acids is 1. The van der Waals surface area contributed by atoms with Gasteiger partial charge in [0.05, 0.1) is 16.8 Å². The molecule has 0 radical (unpaired) electrons. The van der Waals surface area contributed by atoms with Gasteiger partial charge in [-0.3, -0.25) is 14.9 Å². The summed E-state index contributed by atoms with van der Waals surface area (Å²) in [7, 11) is 0. The summed E-state index contributed by atoms with van der Waals surface area (Å²) in [5, 5.41) is 9.79. The number of anilines is 1. The van der Waals surface area contributed by atoms with Gasteiger partial charge in [0.1, 0.15) is 11.6 Å². The van der Waals surface area contributed by atoms with Gasteiger partial charge in [-0.1, -0.05) is 11.6 Å². The Balaban J connectivity index is 1.82. The second kappa shape index (κ2) is 6.13. The summed E-state index contributed by atoms with van der Waals surface area (Å²) in [6.45, 7) is 1.78. The number of hydrogen-bond acceptors (Lipinski definition) is 4. The zero-order valence-corrected chi connectivity index (χ0v) is 12.7. The molecule has 2 N–H and O–H groups in total. The lowest BCUT2D eigenvalue weighted by atomic mass is 10.2. The number of pyridine rings is 1. The summed E-state index contributed by atoms with van der Waals surface area (Å²) >= 11 is 6.21. The second-order valence-corrected chi connectivity index (χ2v) is 5.19. The van der Waals surface area contributed by atoms with E-state index in [0.717, 1.165) is 12.3 Å². The van der Waals surface area contributed by atoms with Crippen LogP contribution in [0.25, 0.3) is 11.4 Å². The van der Waals surface area contributed by atoms with Gasteiger partial charge < -0.3 is 5.32 Å². The molecule has 1 aromatic carbocycles. The minimum atomic E-state index is -0.578. The van der Waals surface area contributed by atoms with E-state index in [1.165, 1.54) is 6.20 Å². The zero-order chi connectivity index (χ0) is 16.4. The van der Waals surface area contributed by atoms with Crippen molar-refractivity contribution in [2.24, 2.45) is 0 Å². The maximum Gasteiger partial charge on any atom is 0.257 e. The molecule has 0 saturated carbocycles. The van der Waals surface area contributed by atoms with E-state index >= 15 is 0 Å². The molecule has 2 heterocycles. The molecule has 8 heteroatoms. The van der Waals surface area contributed by atoms with Gasteiger partial charge in [-0.25, -0.2) is 9.37 Å². The number of H-pyrrole nitrogens is 1.